The molecule has 3 aromatic rings. The molecule has 4 heterocycles. The molecule has 1 saturated heterocycles. The number of halogens is 2. The summed E-state index contributed by atoms with van der Waals surface area (Å²) in [6.45, 7) is 5.56. The Kier molecular flexibility index (Phi) is 5.90. The van der Waals surface area contributed by atoms with Gasteiger partial charge in [0.05, 0.1) is 17.7 Å². The van der Waals surface area contributed by atoms with Crippen LogP contribution in [0.5, 0.6) is 0 Å². The zero-order valence-corrected chi connectivity index (χ0v) is 23.4. The molecule has 0 spiro atoms. The van der Waals surface area contributed by atoms with Gasteiger partial charge in [-0.25, -0.2) is 8.78 Å². The normalized spacial score (nSPS) is 28.0. The van der Waals surface area contributed by atoms with Gasteiger partial charge in [0.15, 0.2) is 0 Å². The van der Waals surface area contributed by atoms with Crippen molar-refractivity contribution in [3.8, 4) is 0 Å². The third-order valence-electron chi connectivity index (χ3n) is 9.61. The van der Waals surface area contributed by atoms with Crippen molar-refractivity contribution < 1.29 is 13.6 Å². The van der Waals surface area contributed by atoms with Crippen molar-refractivity contribution in [2.45, 2.75) is 76.3 Å². The van der Waals surface area contributed by atoms with E-state index < -0.39 is 11.8 Å². The minimum Gasteiger partial charge on any atom is -0.320 e. The maximum atomic E-state index is 14.1. The zero-order chi connectivity index (χ0) is 27.8. The van der Waals surface area contributed by atoms with Crippen molar-refractivity contribution in [2.75, 3.05) is 18.0 Å². The third kappa shape index (κ3) is 4.16. The second kappa shape index (κ2) is 9.16. The molecular weight excluding hydrogens is 510 g/mol. The number of aromatic nitrogens is 4. The SMILES string of the molecule is CC1CC(c2cccc(N3Cc4c(cc(CN5CCC(F)(F)[C@H](C)C5)nc4C4CC4)C3=O)c2)(c2nncn2C)C1. The van der Waals surface area contributed by atoms with Crippen LogP contribution in [-0.2, 0) is 25.6 Å². The molecular formula is C31H36F2N6O. The van der Waals surface area contributed by atoms with E-state index in [-0.39, 0.29) is 17.7 Å². The van der Waals surface area contributed by atoms with Crippen molar-refractivity contribution in [1.29, 1.82) is 0 Å². The van der Waals surface area contributed by atoms with E-state index >= 15 is 0 Å². The highest BCUT2D eigenvalue weighted by Crippen LogP contribution is 2.52. The van der Waals surface area contributed by atoms with Gasteiger partial charge in [0, 0.05) is 67.4 Å². The molecule has 0 unspecified atom stereocenters. The minimum atomic E-state index is -2.62. The Morgan fingerprint density at radius 2 is 1.93 bits per heavy atom. The van der Waals surface area contributed by atoms with Crippen LogP contribution in [0.3, 0.4) is 0 Å². The van der Waals surface area contributed by atoms with Gasteiger partial charge in [-0.15, -0.1) is 10.2 Å². The number of piperidine rings is 1. The van der Waals surface area contributed by atoms with Crippen LogP contribution in [0.1, 0.15) is 90.6 Å². The second-order valence-corrected chi connectivity index (χ2v) is 12.7. The maximum absolute atomic E-state index is 14.1. The molecule has 7 rings (SSSR count). The summed E-state index contributed by atoms with van der Waals surface area (Å²) in [6, 6.07) is 10.3. The van der Waals surface area contributed by atoms with Gasteiger partial charge in [0.25, 0.3) is 11.8 Å². The van der Waals surface area contributed by atoms with Gasteiger partial charge in [-0.3, -0.25) is 14.7 Å². The highest BCUT2D eigenvalue weighted by molar-refractivity contribution is 6.10. The van der Waals surface area contributed by atoms with Crippen LogP contribution in [0.2, 0.25) is 0 Å². The number of rotatable bonds is 6. The lowest BCUT2D eigenvalue weighted by Crippen LogP contribution is -2.45. The van der Waals surface area contributed by atoms with Gasteiger partial charge < -0.3 is 9.47 Å². The van der Waals surface area contributed by atoms with Crippen LogP contribution in [-0.4, -0.2) is 49.6 Å². The molecule has 3 fully saturated rings. The van der Waals surface area contributed by atoms with Crippen LogP contribution >= 0.6 is 0 Å². The number of anilines is 1. The number of hydrogen-bond acceptors (Lipinski definition) is 5. The Morgan fingerprint density at radius 3 is 2.60 bits per heavy atom. The molecule has 210 valence electrons. The molecule has 2 aliphatic heterocycles. The number of likely N-dealkylation sites (tertiary alicyclic amines) is 1. The summed E-state index contributed by atoms with van der Waals surface area (Å²) in [5.41, 5.74) is 5.43. The first-order chi connectivity index (χ1) is 19.1. The largest absolute Gasteiger partial charge is 0.320 e. The van der Waals surface area contributed by atoms with E-state index in [0.29, 0.717) is 43.6 Å². The summed E-state index contributed by atoms with van der Waals surface area (Å²) in [6.07, 6.45) is 5.78. The molecule has 2 aliphatic carbocycles. The summed E-state index contributed by atoms with van der Waals surface area (Å²) in [5, 5.41) is 8.64. The number of pyridine rings is 1. The van der Waals surface area contributed by atoms with Crippen LogP contribution in [0, 0.1) is 11.8 Å². The molecule has 0 bridgehead atoms. The van der Waals surface area contributed by atoms with Crippen molar-refractivity contribution in [3.63, 3.8) is 0 Å². The lowest BCUT2D eigenvalue weighted by molar-refractivity contribution is -0.100. The van der Waals surface area contributed by atoms with Crippen molar-refractivity contribution in [3.05, 3.63) is 70.6 Å². The number of carbonyl (C=O) groups excluding carboxylic acids is 1. The summed E-state index contributed by atoms with van der Waals surface area (Å²) in [4.78, 5) is 22.9. The number of fused-ring (bicyclic) bond motifs is 1. The lowest BCUT2D eigenvalue weighted by Gasteiger charge is -2.46. The summed E-state index contributed by atoms with van der Waals surface area (Å²) >= 11 is 0. The van der Waals surface area contributed by atoms with Crippen LogP contribution in [0.4, 0.5) is 14.5 Å². The van der Waals surface area contributed by atoms with Crippen molar-refractivity contribution >= 4 is 11.6 Å². The molecule has 1 amide bonds. The number of amides is 1. The molecule has 4 aliphatic rings. The van der Waals surface area contributed by atoms with Gasteiger partial charge >= 0.3 is 0 Å². The summed E-state index contributed by atoms with van der Waals surface area (Å²) < 4.78 is 30.1. The Bertz CT molecular complexity index is 1470. The zero-order valence-electron chi connectivity index (χ0n) is 23.4. The van der Waals surface area contributed by atoms with E-state index in [4.69, 9.17) is 4.98 Å². The van der Waals surface area contributed by atoms with Gasteiger partial charge in [-0.2, -0.15) is 0 Å². The fourth-order valence-corrected chi connectivity index (χ4v) is 7.27. The van der Waals surface area contributed by atoms with Gasteiger partial charge in [0.2, 0.25) is 0 Å². The first kappa shape index (κ1) is 25.7. The number of benzene rings is 1. The molecule has 9 heteroatoms. The Hall–Kier alpha value is -3.20. The number of nitrogens with zero attached hydrogens (tertiary/aromatic N) is 6. The van der Waals surface area contributed by atoms with Crippen molar-refractivity contribution in [2.24, 2.45) is 18.9 Å². The predicted molar refractivity (Wildman–Crippen MR) is 147 cm³/mol. The van der Waals surface area contributed by atoms with Crippen LogP contribution in [0.15, 0.2) is 36.7 Å². The molecule has 7 nitrogen and oxygen atoms in total. The highest BCUT2D eigenvalue weighted by Gasteiger charge is 2.48. The molecule has 40 heavy (non-hydrogen) atoms. The number of hydrogen-bond donors (Lipinski definition) is 0. The quantitative estimate of drug-likeness (QED) is 0.412. The average Bonchev–Trinajstić information content (AvgIpc) is 3.59. The Labute approximate surface area is 233 Å². The van der Waals surface area contributed by atoms with Crippen LogP contribution < -0.4 is 4.90 Å². The minimum absolute atomic E-state index is 0.00840. The standard InChI is InChI=1S/C31H36F2N6O/c1-19-13-30(14-19,29-36-34-18-37(29)3)22-5-4-6-24(11-22)39-17-26-25(28(39)40)12-23(35-27(26)21-7-8-21)16-38-10-9-31(32,33)20(2)15-38/h4-6,11-12,18-21H,7-10,13-17H2,1-3H3/t19?,20-,30?/m1/s1. The monoisotopic (exact) mass is 546 g/mol. The lowest BCUT2D eigenvalue weighted by atomic mass is 9.58. The highest BCUT2D eigenvalue weighted by atomic mass is 19.3. The van der Waals surface area contributed by atoms with Crippen molar-refractivity contribution in [1.82, 2.24) is 24.6 Å². The van der Waals surface area contributed by atoms with Gasteiger partial charge in [-0.1, -0.05) is 26.0 Å². The molecule has 0 N–H and O–H groups in total. The van der Waals surface area contributed by atoms with Gasteiger partial charge in [0.1, 0.15) is 12.2 Å². The number of alkyl halides is 2. The number of carbonyl (C=O) groups is 1. The first-order valence-electron chi connectivity index (χ1n) is 14.5. The first-order valence-corrected chi connectivity index (χ1v) is 14.5. The van der Waals surface area contributed by atoms with Gasteiger partial charge in [-0.05, 0) is 55.4 Å². The van der Waals surface area contributed by atoms with E-state index in [9.17, 15) is 13.6 Å². The fourth-order valence-electron chi connectivity index (χ4n) is 7.27. The average molecular weight is 547 g/mol. The topological polar surface area (TPSA) is 67.2 Å². The molecule has 0 radical (unpaired) electrons. The smallest absolute Gasteiger partial charge is 0.259 e. The van der Waals surface area contributed by atoms with E-state index in [1.54, 1.807) is 13.3 Å². The van der Waals surface area contributed by atoms with E-state index in [2.05, 4.69) is 34.2 Å². The Morgan fingerprint density at radius 1 is 1.12 bits per heavy atom. The molecule has 2 saturated carbocycles. The maximum Gasteiger partial charge on any atom is 0.259 e. The predicted octanol–water partition coefficient (Wildman–Crippen LogP) is 5.44. The summed E-state index contributed by atoms with van der Waals surface area (Å²) in [7, 11) is 1.99. The molecule has 2 aromatic heterocycles. The molecule has 1 aromatic carbocycles. The second-order valence-electron chi connectivity index (χ2n) is 12.7. The van der Waals surface area contributed by atoms with E-state index in [1.807, 2.05) is 34.7 Å². The Balaban J connectivity index is 1.19. The summed E-state index contributed by atoms with van der Waals surface area (Å²) in [5.74, 6) is -1.37. The van der Waals surface area contributed by atoms with E-state index in [1.165, 1.54) is 5.56 Å². The van der Waals surface area contributed by atoms with E-state index in [0.717, 1.165) is 54.1 Å². The molecule has 1 atom stereocenters. The third-order valence-corrected chi connectivity index (χ3v) is 9.61. The van der Waals surface area contributed by atoms with Crippen LogP contribution in [0.25, 0.3) is 0 Å². The number of aryl methyl sites for hydroxylation is 1. The fraction of sp³-hybridized carbons (Fsp3) is 0.548.